The molecule has 0 aliphatic rings. The molecule has 0 spiro atoms. The topological polar surface area (TPSA) is 48.7 Å². The second-order valence-electron chi connectivity index (χ2n) is 5.88. The molecular weight excluding hydrogens is 304 g/mol. The molecule has 0 unspecified atom stereocenters. The molecule has 3 rings (SSSR count). The Bertz CT molecular complexity index is 876. The highest BCUT2D eigenvalue weighted by molar-refractivity contribution is 5.86. The highest BCUT2D eigenvalue weighted by Gasteiger charge is 2.13. The number of aryl methyl sites for hydroxylation is 2. The van der Waals surface area contributed by atoms with Gasteiger partial charge >= 0.3 is 5.97 Å². The number of benzene rings is 2. The molecule has 0 radical (unpaired) electrons. The smallest absolute Gasteiger partial charge is 0.310 e. The van der Waals surface area contributed by atoms with Crippen molar-refractivity contribution in [1.82, 2.24) is 0 Å². The van der Waals surface area contributed by atoms with E-state index in [-0.39, 0.29) is 19.0 Å². The molecule has 1 aromatic heterocycles. The van der Waals surface area contributed by atoms with E-state index < -0.39 is 0 Å². The van der Waals surface area contributed by atoms with Crippen LogP contribution in [0.25, 0.3) is 11.0 Å². The lowest BCUT2D eigenvalue weighted by Crippen LogP contribution is -2.07. The number of furan rings is 1. The summed E-state index contributed by atoms with van der Waals surface area (Å²) in [5.41, 5.74) is 4.89. The second kappa shape index (κ2) is 6.79. The molecule has 124 valence electrons. The summed E-state index contributed by atoms with van der Waals surface area (Å²) < 4.78 is 16.1. The summed E-state index contributed by atoms with van der Waals surface area (Å²) in [7, 11) is 1.61. The van der Waals surface area contributed by atoms with Crippen LogP contribution >= 0.6 is 0 Å². The molecule has 0 saturated heterocycles. The third-order valence-electron chi connectivity index (χ3n) is 4.14. The summed E-state index contributed by atoms with van der Waals surface area (Å²) in [4.78, 5) is 12.1. The molecular formula is C20H20O4. The Balaban J connectivity index is 1.67. The maximum atomic E-state index is 12.1. The number of methoxy groups -OCH3 is 1. The number of carbonyl (C=O) groups is 1. The number of esters is 1. The molecule has 2 aromatic carbocycles. The second-order valence-corrected chi connectivity index (χ2v) is 5.88. The van der Waals surface area contributed by atoms with E-state index in [1.807, 2.05) is 44.2 Å². The Labute approximate surface area is 141 Å². The largest absolute Gasteiger partial charge is 0.497 e. The first kappa shape index (κ1) is 16.1. The molecule has 0 atom stereocenters. The number of hydrogen-bond acceptors (Lipinski definition) is 4. The van der Waals surface area contributed by atoms with Gasteiger partial charge < -0.3 is 13.9 Å². The van der Waals surface area contributed by atoms with Gasteiger partial charge in [0.25, 0.3) is 0 Å². The van der Waals surface area contributed by atoms with Crippen molar-refractivity contribution >= 4 is 16.9 Å². The number of fused-ring (bicyclic) bond motifs is 1. The Hall–Kier alpha value is -2.75. The van der Waals surface area contributed by atoms with Crippen LogP contribution in [-0.4, -0.2) is 13.1 Å². The van der Waals surface area contributed by atoms with Crippen LogP contribution in [0.1, 0.15) is 22.3 Å². The zero-order valence-electron chi connectivity index (χ0n) is 14.1. The van der Waals surface area contributed by atoms with E-state index in [0.717, 1.165) is 27.8 Å². The molecule has 0 aliphatic heterocycles. The van der Waals surface area contributed by atoms with Gasteiger partial charge in [-0.05, 0) is 54.8 Å². The van der Waals surface area contributed by atoms with Gasteiger partial charge in [-0.1, -0.05) is 12.1 Å². The molecule has 0 N–H and O–H groups in total. The van der Waals surface area contributed by atoms with Crippen LogP contribution in [0.5, 0.6) is 5.75 Å². The van der Waals surface area contributed by atoms with Gasteiger partial charge in [0, 0.05) is 10.9 Å². The standard InChI is InChI=1S/C20H20O4/c1-13-7-18-16(12-23-19(18)8-14(13)2)10-20(21)24-11-15-5-4-6-17(9-15)22-3/h4-9,12H,10-11H2,1-3H3. The predicted molar refractivity (Wildman–Crippen MR) is 92.2 cm³/mol. The maximum absolute atomic E-state index is 12.1. The van der Waals surface area contributed by atoms with Gasteiger partial charge in [0.05, 0.1) is 19.8 Å². The molecule has 1 heterocycles. The van der Waals surface area contributed by atoms with Crippen molar-refractivity contribution in [3.8, 4) is 5.75 Å². The van der Waals surface area contributed by atoms with E-state index in [1.54, 1.807) is 13.4 Å². The van der Waals surface area contributed by atoms with Crippen molar-refractivity contribution in [2.24, 2.45) is 0 Å². The van der Waals surface area contributed by atoms with Gasteiger partial charge in [0.2, 0.25) is 0 Å². The first-order valence-corrected chi connectivity index (χ1v) is 7.82. The summed E-state index contributed by atoms with van der Waals surface area (Å²) in [6, 6.07) is 11.5. The highest BCUT2D eigenvalue weighted by Crippen LogP contribution is 2.25. The third-order valence-corrected chi connectivity index (χ3v) is 4.14. The van der Waals surface area contributed by atoms with Crippen molar-refractivity contribution in [2.75, 3.05) is 7.11 Å². The molecule has 4 heteroatoms. The summed E-state index contributed by atoms with van der Waals surface area (Å²) in [6.45, 7) is 4.32. The lowest BCUT2D eigenvalue weighted by atomic mass is 10.0. The lowest BCUT2D eigenvalue weighted by Gasteiger charge is -2.06. The van der Waals surface area contributed by atoms with Crippen LogP contribution in [0.2, 0.25) is 0 Å². The number of ether oxygens (including phenoxy) is 2. The van der Waals surface area contributed by atoms with Crippen LogP contribution in [0.4, 0.5) is 0 Å². The first-order chi connectivity index (χ1) is 11.6. The van der Waals surface area contributed by atoms with Gasteiger partial charge in [-0.2, -0.15) is 0 Å². The minimum atomic E-state index is -0.279. The highest BCUT2D eigenvalue weighted by atomic mass is 16.5. The van der Waals surface area contributed by atoms with Crippen molar-refractivity contribution < 1.29 is 18.7 Å². The molecule has 24 heavy (non-hydrogen) atoms. The molecule has 0 saturated carbocycles. The van der Waals surface area contributed by atoms with Gasteiger partial charge in [0.15, 0.2) is 0 Å². The number of carbonyl (C=O) groups excluding carboxylic acids is 1. The predicted octanol–water partition coefficient (Wildman–Crippen LogP) is 4.34. The van der Waals surface area contributed by atoms with Gasteiger partial charge in [0.1, 0.15) is 17.9 Å². The molecule has 0 aliphatic carbocycles. The quantitative estimate of drug-likeness (QED) is 0.655. The first-order valence-electron chi connectivity index (χ1n) is 7.82. The number of rotatable bonds is 5. The summed E-state index contributed by atoms with van der Waals surface area (Å²) in [6.07, 6.45) is 1.83. The fraction of sp³-hybridized carbons (Fsp3) is 0.250. The summed E-state index contributed by atoms with van der Waals surface area (Å²) >= 11 is 0. The zero-order chi connectivity index (χ0) is 17.1. The van der Waals surface area contributed by atoms with Gasteiger partial charge in [-0.3, -0.25) is 4.79 Å². The van der Waals surface area contributed by atoms with Crippen LogP contribution in [0.15, 0.2) is 47.1 Å². The zero-order valence-corrected chi connectivity index (χ0v) is 14.1. The SMILES string of the molecule is COc1cccc(COC(=O)Cc2coc3cc(C)c(C)cc23)c1. The Morgan fingerprint density at radius 2 is 1.92 bits per heavy atom. The molecule has 0 bridgehead atoms. The van der Waals surface area contributed by atoms with Crippen LogP contribution in [-0.2, 0) is 22.6 Å². The van der Waals surface area contributed by atoms with E-state index in [0.29, 0.717) is 0 Å². The van der Waals surface area contributed by atoms with E-state index in [2.05, 4.69) is 6.07 Å². The van der Waals surface area contributed by atoms with Crippen molar-refractivity contribution in [2.45, 2.75) is 26.9 Å². The van der Waals surface area contributed by atoms with Gasteiger partial charge in [-0.25, -0.2) is 0 Å². The van der Waals surface area contributed by atoms with E-state index >= 15 is 0 Å². The molecule has 0 amide bonds. The monoisotopic (exact) mass is 324 g/mol. The Morgan fingerprint density at radius 1 is 1.12 bits per heavy atom. The Kier molecular flexibility index (Phi) is 4.56. The maximum Gasteiger partial charge on any atom is 0.310 e. The van der Waals surface area contributed by atoms with Crippen molar-refractivity contribution in [3.05, 3.63) is 64.9 Å². The van der Waals surface area contributed by atoms with Crippen LogP contribution in [0.3, 0.4) is 0 Å². The average Bonchev–Trinajstić information content (AvgIpc) is 2.95. The fourth-order valence-corrected chi connectivity index (χ4v) is 2.61. The summed E-state index contributed by atoms with van der Waals surface area (Å²) in [5.74, 6) is 0.467. The van der Waals surface area contributed by atoms with E-state index in [4.69, 9.17) is 13.9 Å². The molecule has 4 nitrogen and oxygen atoms in total. The average molecular weight is 324 g/mol. The van der Waals surface area contributed by atoms with E-state index in [9.17, 15) is 4.79 Å². The molecule has 0 fully saturated rings. The lowest BCUT2D eigenvalue weighted by molar-refractivity contribution is -0.144. The van der Waals surface area contributed by atoms with Crippen LogP contribution in [0, 0.1) is 13.8 Å². The minimum Gasteiger partial charge on any atom is -0.497 e. The fourth-order valence-electron chi connectivity index (χ4n) is 2.61. The molecule has 3 aromatic rings. The number of hydrogen-bond donors (Lipinski definition) is 0. The normalized spacial score (nSPS) is 10.8. The van der Waals surface area contributed by atoms with Gasteiger partial charge in [-0.15, -0.1) is 0 Å². The third kappa shape index (κ3) is 3.43. The summed E-state index contributed by atoms with van der Waals surface area (Å²) in [5, 5.41) is 0.969. The Morgan fingerprint density at radius 3 is 2.71 bits per heavy atom. The van der Waals surface area contributed by atoms with Crippen molar-refractivity contribution in [3.63, 3.8) is 0 Å². The van der Waals surface area contributed by atoms with Crippen LogP contribution < -0.4 is 4.74 Å². The van der Waals surface area contributed by atoms with Crippen molar-refractivity contribution in [1.29, 1.82) is 0 Å². The van der Waals surface area contributed by atoms with E-state index in [1.165, 1.54) is 11.1 Å². The minimum absolute atomic E-state index is 0.194.